The van der Waals surface area contributed by atoms with E-state index in [1.54, 1.807) is 12.1 Å². The molecule has 0 aliphatic heterocycles. The highest BCUT2D eigenvalue weighted by Crippen LogP contribution is 2.21. The first-order chi connectivity index (χ1) is 7.58. The van der Waals surface area contributed by atoms with Crippen molar-refractivity contribution in [2.45, 2.75) is 18.1 Å². The van der Waals surface area contributed by atoms with Gasteiger partial charge in [-0.05, 0) is 12.1 Å². The summed E-state index contributed by atoms with van der Waals surface area (Å²) in [4.78, 5) is 0. The second-order valence-electron chi connectivity index (χ2n) is 3.06. The summed E-state index contributed by atoms with van der Waals surface area (Å²) < 4.78 is 29.1. The van der Waals surface area contributed by atoms with Gasteiger partial charge < -0.3 is 9.73 Å². The third-order valence-corrected chi connectivity index (χ3v) is 2.52. The van der Waals surface area contributed by atoms with E-state index in [-0.39, 0.29) is 5.75 Å². The molecule has 0 aliphatic carbocycles. The van der Waals surface area contributed by atoms with Crippen molar-refractivity contribution in [3.05, 3.63) is 35.3 Å². The molecule has 0 bridgehead atoms. The maximum Gasteiger partial charge on any atom is 0.284 e. The molecule has 0 saturated carbocycles. The average molecular weight is 268 g/mol. The molecule has 2 nitrogen and oxygen atoms in total. The minimum atomic E-state index is -2.37. The van der Waals surface area contributed by atoms with Gasteiger partial charge >= 0.3 is 0 Å². The maximum absolute atomic E-state index is 11.9. The molecule has 0 spiro atoms. The lowest BCUT2D eigenvalue weighted by Crippen LogP contribution is -2.13. The lowest BCUT2D eigenvalue weighted by Gasteiger charge is -2.00. The number of rotatable bonds is 7. The van der Waals surface area contributed by atoms with Gasteiger partial charge in [0.1, 0.15) is 11.5 Å². The Hall–Kier alpha value is -0.520. The van der Waals surface area contributed by atoms with Crippen LogP contribution in [0.25, 0.3) is 0 Å². The molecule has 0 fully saturated rings. The maximum atomic E-state index is 11.9. The molecule has 0 amide bonds. The second-order valence-corrected chi connectivity index (χ2v) is 4.57. The monoisotopic (exact) mass is 267 g/mol. The van der Waals surface area contributed by atoms with Gasteiger partial charge in [0.2, 0.25) is 0 Å². The molecule has 1 aromatic rings. The van der Waals surface area contributed by atoms with Crippen LogP contribution in [0.3, 0.4) is 0 Å². The fourth-order valence-corrected chi connectivity index (χ4v) is 1.60. The highest BCUT2D eigenvalue weighted by Gasteiger charge is 2.07. The molecule has 16 heavy (non-hydrogen) atoms. The molecular formula is C10H12ClF2NOS. The highest BCUT2D eigenvalue weighted by atomic mass is 35.5. The van der Waals surface area contributed by atoms with Crippen LogP contribution in [-0.2, 0) is 12.3 Å². The van der Waals surface area contributed by atoms with Gasteiger partial charge in [0, 0.05) is 11.6 Å². The van der Waals surface area contributed by atoms with E-state index in [0.29, 0.717) is 41.4 Å². The van der Waals surface area contributed by atoms with Gasteiger partial charge in [-0.3, -0.25) is 0 Å². The van der Waals surface area contributed by atoms with Crippen LogP contribution in [0.15, 0.2) is 28.2 Å². The number of hydrogen-bond acceptors (Lipinski definition) is 3. The number of furan rings is 1. The van der Waals surface area contributed by atoms with E-state index >= 15 is 0 Å². The van der Waals surface area contributed by atoms with Crippen molar-refractivity contribution in [2.24, 2.45) is 0 Å². The van der Waals surface area contributed by atoms with Gasteiger partial charge in [0.05, 0.1) is 12.3 Å². The van der Waals surface area contributed by atoms with Crippen molar-refractivity contribution in [1.29, 1.82) is 0 Å². The zero-order chi connectivity index (χ0) is 12.0. The van der Waals surface area contributed by atoms with E-state index in [1.807, 2.05) is 0 Å². The van der Waals surface area contributed by atoms with Crippen LogP contribution in [-0.4, -0.2) is 12.3 Å². The van der Waals surface area contributed by atoms with Crippen molar-refractivity contribution >= 4 is 23.4 Å². The summed E-state index contributed by atoms with van der Waals surface area (Å²) in [6.07, 6.45) is 0. The first kappa shape index (κ1) is 13.5. The Morgan fingerprint density at radius 2 is 2.19 bits per heavy atom. The zero-order valence-electron chi connectivity index (χ0n) is 8.51. The molecule has 0 aromatic carbocycles. The molecule has 6 heteroatoms. The van der Waals surface area contributed by atoms with Crippen molar-refractivity contribution in [2.75, 3.05) is 6.54 Å². The van der Waals surface area contributed by atoms with Gasteiger partial charge in [-0.2, -0.15) is 8.78 Å². The summed E-state index contributed by atoms with van der Waals surface area (Å²) in [5.41, 5.74) is 0. The summed E-state index contributed by atoms with van der Waals surface area (Å²) in [6, 6.07) is 3.45. The third kappa shape index (κ3) is 5.53. The minimum absolute atomic E-state index is 0.180. The van der Waals surface area contributed by atoms with Crippen LogP contribution in [0, 0.1) is 0 Å². The second kappa shape index (κ2) is 6.93. The van der Waals surface area contributed by atoms with Crippen molar-refractivity contribution < 1.29 is 13.2 Å². The number of alkyl halides is 2. The first-order valence-electron chi connectivity index (χ1n) is 4.59. The van der Waals surface area contributed by atoms with Gasteiger partial charge in [0.25, 0.3) is 5.76 Å². The van der Waals surface area contributed by atoms with Crippen LogP contribution < -0.4 is 5.32 Å². The van der Waals surface area contributed by atoms with Crippen LogP contribution in [0.5, 0.6) is 0 Å². The fourth-order valence-electron chi connectivity index (χ4n) is 1.06. The molecule has 1 heterocycles. The first-order valence-corrected chi connectivity index (χ1v) is 6.02. The Kier molecular flexibility index (Phi) is 5.87. The Balaban J connectivity index is 2.30. The number of hydrogen-bond donors (Lipinski definition) is 1. The Morgan fingerprint density at radius 1 is 1.50 bits per heavy atom. The summed E-state index contributed by atoms with van der Waals surface area (Å²) >= 11 is 6.10. The van der Waals surface area contributed by atoms with Gasteiger partial charge in [0.15, 0.2) is 0 Å². The number of nitrogens with one attached hydrogen (secondary N) is 1. The van der Waals surface area contributed by atoms with E-state index in [0.717, 1.165) is 0 Å². The summed E-state index contributed by atoms with van der Waals surface area (Å²) in [5.74, 6) is -0.944. The fraction of sp³-hybridized carbons (Fsp3) is 0.400. The van der Waals surface area contributed by atoms with E-state index in [9.17, 15) is 8.78 Å². The molecule has 0 aliphatic rings. The van der Waals surface area contributed by atoms with Gasteiger partial charge in [-0.1, -0.05) is 29.9 Å². The molecule has 0 unspecified atom stereocenters. The largest absolute Gasteiger partial charge is 0.464 e. The normalized spacial score (nSPS) is 11.0. The number of thioether (sulfide) groups is 1. The van der Waals surface area contributed by atoms with Gasteiger partial charge in [-0.15, -0.1) is 0 Å². The van der Waals surface area contributed by atoms with E-state index in [4.69, 9.17) is 16.0 Å². The minimum Gasteiger partial charge on any atom is -0.464 e. The Morgan fingerprint density at radius 3 is 2.81 bits per heavy atom. The molecule has 90 valence electrons. The summed E-state index contributed by atoms with van der Waals surface area (Å²) in [7, 11) is 0. The topological polar surface area (TPSA) is 25.2 Å². The van der Waals surface area contributed by atoms with E-state index < -0.39 is 5.76 Å². The quantitative estimate of drug-likeness (QED) is 0.817. The standard InChI is InChI=1S/C10H12ClF2NOS/c1-7(11)4-14-5-8-2-3-9(15-8)6-16-10(12)13/h2-3,10,14H,1,4-6H2. The Labute approximate surface area is 102 Å². The molecule has 1 aromatic heterocycles. The Bertz CT molecular complexity index is 343. The smallest absolute Gasteiger partial charge is 0.284 e. The SMILES string of the molecule is C=C(Cl)CNCc1ccc(CSC(F)F)o1. The molecule has 0 saturated heterocycles. The van der Waals surface area contributed by atoms with Gasteiger partial charge in [-0.25, -0.2) is 0 Å². The third-order valence-electron chi connectivity index (χ3n) is 1.68. The molecule has 0 radical (unpaired) electrons. The highest BCUT2D eigenvalue weighted by molar-refractivity contribution is 7.98. The summed E-state index contributed by atoms with van der Waals surface area (Å²) in [6.45, 7) is 4.52. The van der Waals surface area contributed by atoms with Crippen molar-refractivity contribution in [1.82, 2.24) is 5.32 Å². The average Bonchev–Trinajstić information content (AvgIpc) is 2.62. The van der Waals surface area contributed by atoms with Crippen LogP contribution >= 0.6 is 23.4 Å². The lowest BCUT2D eigenvalue weighted by atomic mass is 10.4. The molecule has 0 atom stereocenters. The molecule has 1 rings (SSSR count). The molecular weight excluding hydrogens is 256 g/mol. The van der Waals surface area contributed by atoms with Crippen LogP contribution in [0.1, 0.15) is 11.5 Å². The predicted molar refractivity (Wildman–Crippen MR) is 62.7 cm³/mol. The molecule has 1 N–H and O–H groups in total. The van der Waals surface area contributed by atoms with Crippen molar-refractivity contribution in [3.8, 4) is 0 Å². The van der Waals surface area contributed by atoms with Crippen LogP contribution in [0.2, 0.25) is 0 Å². The lowest BCUT2D eigenvalue weighted by molar-refractivity contribution is 0.251. The van der Waals surface area contributed by atoms with Crippen LogP contribution in [0.4, 0.5) is 8.78 Å². The van der Waals surface area contributed by atoms with E-state index in [1.165, 1.54) is 0 Å². The number of halogens is 3. The van der Waals surface area contributed by atoms with E-state index in [2.05, 4.69) is 11.9 Å². The summed E-state index contributed by atoms with van der Waals surface area (Å²) in [5, 5.41) is 3.51. The zero-order valence-corrected chi connectivity index (χ0v) is 10.1. The predicted octanol–water partition coefficient (Wildman–Crippen LogP) is 3.58. The van der Waals surface area contributed by atoms with Crippen molar-refractivity contribution in [3.63, 3.8) is 0 Å².